The Balaban J connectivity index is 1.79. The molecule has 2 N–H and O–H groups in total. The molecule has 0 bridgehead atoms. The van der Waals surface area contributed by atoms with Crippen LogP contribution < -0.4 is 10.6 Å². The summed E-state index contributed by atoms with van der Waals surface area (Å²) < 4.78 is 14.1. The van der Waals surface area contributed by atoms with E-state index in [1.54, 1.807) is 12.1 Å². The quantitative estimate of drug-likeness (QED) is 0.728. The van der Waals surface area contributed by atoms with Gasteiger partial charge in [-0.1, -0.05) is 18.2 Å². The minimum absolute atomic E-state index is 0.321. The van der Waals surface area contributed by atoms with Gasteiger partial charge in [0, 0.05) is 10.2 Å². The molecule has 0 radical (unpaired) electrons. The van der Waals surface area contributed by atoms with E-state index in [1.807, 2.05) is 24.3 Å². The van der Waals surface area contributed by atoms with E-state index in [2.05, 4.69) is 41.7 Å². The van der Waals surface area contributed by atoms with E-state index in [0.29, 0.717) is 17.5 Å². The Labute approximate surface area is 134 Å². The van der Waals surface area contributed by atoms with Gasteiger partial charge in [-0.2, -0.15) is 10.1 Å². The van der Waals surface area contributed by atoms with Crippen LogP contribution in [-0.2, 0) is 0 Å². The molecule has 22 heavy (non-hydrogen) atoms. The number of anilines is 4. The molecule has 0 unspecified atom stereocenters. The molecule has 0 saturated heterocycles. The van der Waals surface area contributed by atoms with Crippen LogP contribution in [0.15, 0.2) is 59.2 Å². The summed E-state index contributed by atoms with van der Waals surface area (Å²) in [4.78, 5) is 4.29. The second kappa shape index (κ2) is 6.48. The van der Waals surface area contributed by atoms with Crippen LogP contribution in [-0.4, -0.2) is 15.2 Å². The topological polar surface area (TPSA) is 62.7 Å². The van der Waals surface area contributed by atoms with Crippen molar-refractivity contribution in [2.45, 2.75) is 0 Å². The second-order valence-corrected chi connectivity index (χ2v) is 5.26. The number of hydrogen-bond acceptors (Lipinski definition) is 5. The molecule has 0 saturated carbocycles. The Morgan fingerprint density at radius 1 is 1.00 bits per heavy atom. The number of benzene rings is 2. The number of nitrogens with zero attached hydrogens (tertiary/aromatic N) is 3. The van der Waals surface area contributed by atoms with Crippen LogP contribution in [0.3, 0.4) is 0 Å². The van der Waals surface area contributed by atoms with Gasteiger partial charge < -0.3 is 10.6 Å². The van der Waals surface area contributed by atoms with Crippen molar-refractivity contribution in [2.24, 2.45) is 0 Å². The molecule has 110 valence electrons. The Bertz CT molecular complexity index is 796. The first kappa shape index (κ1) is 14.4. The van der Waals surface area contributed by atoms with Gasteiger partial charge in [-0.15, -0.1) is 5.10 Å². The predicted octanol–water partition coefficient (Wildman–Crippen LogP) is 4.26. The minimum atomic E-state index is -0.321. The van der Waals surface area contributed by atoms with Crippen molar-refractivity contribution >= 4 is 39.1 Å². The largest absolute Gasteiger partial charge is 0.339 e. The lowest BCUT2D eigenvalue weighted by molar-refractivity contribution is 0.628. The highest BCUT2D eigenvalue weighted by atomic mass is 79.9. The predicted molar refractivity (Wildman–Crippen MR) is 86.9 cm³/mol. The molecule has 0 atom stereocenters. The smallest absolute Gasteiger partial charge is 0.249 e. The number of nitrogens with one attached hydrogen (secondary N) is 2. The summed E-state index contributed by atoms with van der Waals surface area (Å²) in [6.07, 6.45) is 1.47. The van der Waals surface area contributed by atoms with E-state index in [1.165, 1.54) is 18.3 Å². The lowest BCUT2D eigenvalue weighted by atomic mass is 10.3. The Hall–Kier alpha value is -2.54. The van der Waals surface area contributed by atoms with E-state index in [0.717, 1.165) is 10.2 Å². The molecule has 0 spiro atoms. The van der Waals surface area contributed by atoms with Crippen LogP contribution in [0, 0.1) is 5.82 Å². The summed E-state index contributed by atoms with van der Waals surface area (Å²) in [5, 5.41) is 13.9. The molecule has 0 aliphatic carbocycles. The summed E-state index contributed by atoms with van der Waals surface area (Å²) in [5.74, 6) is 0.488. The van der Waals surface area contributed by atoms with Gasteiger partial charge in [-0.3, -0.25) is 0 Å². The van der Waals surface area contributed by atoms with Crippen LogP contribution in [0.25, 0.3) is 0 Å². The maximum atomic E-state index is 13.2. The van der Waals surface area contributed by atoms with E-state index in [-0.39, 0.29) is 5.82 Å². The lowest BCUT2D eigenvalue weighted by Gasteiger charge is -2.08. The molecular weight excluding hydrogens is 349 g/mol. The first-order valence-corrected chi connectivity index (χ1v) is 7.24. The molecule has 0 aliphatic rings. The Morgan fingerprint density at radius 2 is 1.86 bits per heavy atom. The number of halogens is 2. The molecular formula is C15H11BrFN5. The summed E-state index contributed by atoms with van der Waals surface area (Å²) in [7, 11) is 0. The third-order valence-electron chi connectivity index (χ3n) is 2.78. The van der Waals surface area contributed by atoms with E-state index in [4.69, 9.17) is 0 Å². The maximum Gasteiger partial charge on any atom is 0.249 e. The first-order valence-electron chi connectivity index (χ1n) is 6.44. The van der Waals surface area contributed by atoms with Crippen molar-refractivity contribution in [1.29, 1.82) is 0 Å². The molecule has 5 nitrogen and oxygen atoms in total. The Kier molecular flexibility index (Phi) is 4.24. The summed E-state index contributed by atoms with van der Waals surface area (Å²) in [5.41, 5.74) is 1.42. The average Bonchev–Trinajstić information content (AvgIpc) is 2.50. The zero-order valence-electron chi connectivity index (χ0n) is 11.3. The average molecular weight is 360 g/mol. The SMILES string of the molecule is Fc1cccc(Nc2cnnc(Nc3ccccc3Br)n2)c1. The van der Waals surface area contributed by atoms with Crippen molar-refractivity contribution in [1.82, 2.24) is 15.2 Å². The van der Waals surface area contributed by atoms with Crippen LogP contribution >= 0.6 is 15.9 Å². The van der Waals surface area contributed by atoms with Gasteiger partial charge in [0.2, 0.25) is 5.95 Å². The zero-order chi connectivity index (χ0) is 15.4. The van der Waals surface area contributed by atoms with Crippen molar-refractivity contribution in [2.75, 3.05) is 10.6 Å². The van der Waals surface area contributed by atoms with Gasteiger partial charge in [-0.05, 0) is 46.3 Å². The van der Waals surface area contributed by atoms with Crippen molar-refractivity contribution < 1.29 is 4.39 Å². The molecule has 1 heterocycles. The second-order valence-electron chi connectivity index (χ2n) is 4.41. The molecule has 7 heteroatoms. The van der Waals surface area contributed by atoms with Crippen LogP contribution in [0.2, 0.25) is 0 Å². The fraction of sp³-hybridized carbons (Fsp3) is 0. The number of para-hydroxylation sites is 1. The van der Waals surface area contributed by atoms with Crippen LogP contribution in [0.5, 0.6) is 0 Å². The van der Waals surface area contributed by atoms with E-state index >= 15 is 0 Å². The fourth-order valence-electron chi connectivity index (χ4n) is 1.81. The molecule has 0 fully saturated rings. The molecule has 0 amide bonds. The number of hydrogen-bond donors (Lipinski definition) is 2. The van der Waals surface area contributed by atoms with Gasteiger partial charge in [0.25, 0.3) is 0 Å². The Morgan fingerprint density at radius 3 is 2.68 bits per heavy atom. The fourth-order valence-corrected chi connectivity index (χ4v) is 2.20. The molecule has 1 aromatic heterocycles. The first-order chi connectivity index (χ1) is 10.7. The van der Waals surface area contributed by atoms with Crippen molar-refractivity contribution in [3.05, 3.63) is 65.0 Å². The highest BCUT2D eigenvalue weighted by Crippen LogP contribution is 2.24. The van der Waals surface area contributed by atoms with Crippen LogP contribution in [0.1, 0.15) is 0 Å². The molecule has 0 aliphatic heterocycles. The zero-order valence-corrected chi connectivity index (χ0v) is 12.9. The highest BCUT2D eigenvalue weighted by molar-refractivity contribution is 9.10. The minimum Gasteiger partial charge on any atom is -0.339 e. The third kappa shape index (κ3) is 3.56. The van der Waals surface area contributed by atoms with Gasteiger partial charge >= 0.3 is 0 Å². The highest BCUT2D eigenvalue weighted by Gasteiger charge is 2.04. The third-order valence-corrected chi connectivity index (χ3v) is 3.47. The summed E-state index contributed by atoms with van der Waals surface area (Å²) in [6, 6.07) is 13.7. The molecule has 3 aromatic rings. The number of aromatic nitrogens is 3. The van der Waals surface area contributed by atoms with Crippen molar-refractivity contribution in [3.8, 4) is 0 Å². The molecule has 3 rings (SSSR count). The van der Waals surface area contributed by atoms with Crippen molar-refractivity contribution in [3.63, 3.8) is 0 Å². The van der Waals surface area contributed by atoms with E-state index in [9.17, 15) is 4.39 Å². The van der Waals surface area contributed by atoms with Gasteiger partial charge in [-0.25, -0.2) is 4.39 Å². The van der Waals surface area contributed by atoms with Gasteiger partial charge in [0.15, 0.2) is 5.82 Å². The van der Waals surface area contributed by atoms with Gasteiger partial charge in [0.05, 0.1) is 11.9 Å². The maximum absolute atomic E-state index is 13.2. The van der Waals surface area contributed by atoms with Gasteiger partial charge in [0.1, 0.15) is 5.82 Å². The summed E-state index contributed by atoms with van der Waals surface area (Å²) >= 11 is 3.44. The standard InChI is InChI=1S/C15H11BrFN5/c16-12-6-1-2-7-13(12)20-15-21-14(9-18-22-15)19-11-5-3-4-10(17)8-11/h1-9H,(H2,19,20,21,22). The monoisotopic (exact) mass is 359 g/mol. The van der Waals surface area contributed by atoms with Crippen LogP contribution in [0.4, 0.5) is 27.5 Å². The molecule has 2 aromatic carbocycles. The van der Waals surface area contributed by atoms with E-state index < -0.39 is 0 Å². The normalized spacial score (nSPS) is 10.3. The number of rotatable bonds is 4. The lowest BCUT2D eigenvalue weighted by Crippen LogP contribution is -2.02. The summed E-state index contributed by atoms with van der Waals surface area (Å²) in [6.45, 7) is 0.